The van der Waals surface area contributed by atoms with Crippen LogP contribution in [0.4, 0.5) is 0 Å². The van der Waals surface area contributed by atoms with Gasteiger partial charge in [-0.25, -0.2) is 17.9 Å². The van der Waals surface area contributed by atoms with Crippen LogP contribution in [-0.2, 0) is 10.0 Å². The molecule has 6 nitrogen and oxygen atoms in total. The van der Waals surface area contributed by atoms with Gasteiger partial charge in [-0.1, -0.05) is 6.92 Å². The fourth-order valence-electron chi connectivity index (χ4n) is 1.43. The zero-order valence-corrected chi connectivity index (χ0v) is 13.4. The molecule has 0 aliphatic rings. The van der Waals surface area contributed by atoms with E-state index in [-0.39, 0.29) is 27.5 Å². The maximum atomic E-state index is 12.2. The average Bonchev–Trinajstić information content (AvgIpc) is 2.36. The molecule has 3 N–H and O–H groups in total. The highest BCUT2D eigenvalue weighted by Gasteiger charge is 2.23. The van der Waals surface area contributed by atoms with Crippen LogP contribution in [0.25, 0.3) is 0 Å². The molecule has 0 heterocycles. The lowest BCUT2D eigenvalue weighted by atomic mass is 10.1. The van der Waals surface area contributed by atoms with Crippen LogP contribution in [0.1, 0.15) is 24.2 Å². The predicted molar refractivity (Wildman–Crippen MR) is 77.1 cm³/mol. The van der Waals surface area contributed by atoms with Crippen molar-refractivity contribution in [2.24, 2.45) is 5.92 Å². The average molecular weight is 366 g/mol. The predicted octanol–water partition coefficient (Wildman–Crippen LogP) is 1.44. The van der Waals surface area contributed by atoms with Gasteiger partial charge in [-0.2, -0.15) is 0 Å². The van der Waals surface area contributed by atoms with Gasteiger partial charge in [-0.15, -0.1) is 0 Å². The number of rotatable bonds is 6. The lowest BCUT2D eigenvalue weighted by Crippen LogP contribution is -2.38. The minimum absolute atomic E-state index is 0.00685. The maximum absolute atomic E-state index is 12.2. The third-order valence-electron chi connectivity index (χ3n) is 2.95. The molecule has 0 saturated heterocycles. The van der Waals surface area contributed by atoms with Crippen LogP contribution >= 0.6 is 15.9 Å². The number of carboxylic acids is 1. The molecule has 0 spiro atoms. The van der Waals surface area contributed by atoms with Crippen molar-refractivity contribution in [1.82, 2.24) is 4.72 Å². The normalized spacial score (nSPS) is 14.8. The fraction of sp³-hybridized carbons (Fsp3) is 0.417. The second-order valence-electron chi connectivity index (χ2n) is 4.52. The van der Waals surface area contributed by atoms with E-state index in [1.165, 1.54) is 18.2 Å². The molecule has 0 amide bonds. The first-order chi connectivity index (χ1) is 9.19. The van der Waals surface area contributed by atoms with E-state index >= 15 is 0 Å². The van der Waals surface area contributed by atoms with E-state index in [0.29, 0.717) is 0 Å². The van der Waals surface area contributed by atoms with E-state index in [1.807, 2.05) is 0 Å². The minimum Gasteiger partial charge on any atom is -0.478 e. The number of halogens is 1. The van der Waals surface area contributed by atoms with Gasteiger partial charge in [-0.3, -0.25) is 0 Å². The number of carboxylic acid groups (broad SMARTS) is 1. The van der Waals surface area contributed by atoms with Crippen molar-refractivity contribution in [3.63, 3.8) is 0 Å². The molecule has 0 bridgehead atoms. The molecule has 20 heavy (non-hydrogen) atoms. The summed E-state index contributed by atoms with van der Waals surface area (Å²) in [5.74, 6) is -1.37. The van der Waals surface area contributed by atoms with E-state index < -0.39 is 22.0 Å². The van der Waals surface area contributed by atoms with Crippen molar-refractivity contribution in [1.29, 1.82) is 0 Å². The Morgan fingerprint density at radius 3 is 2.45 bits per heavy atom. The van der Waals surface area contributed by atoms with Gasteiger partial charge in [0.05, 0.1) is 10.5 Å². The van der Waals surface area contributed by atoms with Gasteiger partial charge in [0.1, 0.15) is 0 Å². The summed E-state index contributed by atoms with van der Waals surface area (Å²) in [4.78, 5) is 10.8. The molecule has 0 saturated carbocycles. The molecule has 112 valence electrons. The van der Waals surface area contributed by atoms with Crippen molar-refractivity contribution >= 4 is 31.9 Å². The number of aromatic carboxylic acids is 1. The Labute approximate surface area is 126 Å². The standard InChI is InChI=1S/C12H16BrNO5S/c1-7(6-15)8(2)14-20(18,19)11-4-3-9(12(16)17)5-10(11)13/h3-5,7-8,14-15H,6H2,1-2H3,(H,16,17). The summed E-state index contributed by atoms with van der Waals surface area (Å²) in [5, 5.41) is 17.9. The highest BCUT2D eigenvalue weighted by Crippen LogP contribution is 2.24. The first kappa shape index (κ1) is 17.1. The van der Waals surface area contributed by atoms with Gasteiger partial charge in [0.25, 0.3) is 0 Å². The summed E-state index contributed by atoms with van der Waals surface area (Å²) in [5.41, 5.74) is -0.00685. The second-order valence-corrected chi connectivity index (χ2v) is 7.06. The van der Waals surface area contributed by atoms with Crippen LogP contribution in [0.2, 0.25) is 0 Å². The van der Waals surface area contributed by atoms with Gasteiger partial charge >= 0.3 is 5.97 Å². The van der Waals surface area contributed by atoms with Crippen molar-refractivity contribution < 1.29 is 23.4 Å². The second kappa shape index (κ2) is 6.66. The molecule has 0 radical (unpaired) electrons. The number of hydrogen-bond donors (Lipinski definition) is 3. The summed E-state index contributed by atoms with van der Waals surface area (Å²) >= 11 is 3.06. The van der Waals surface area contributed by atoms with Gasteiger partial charge in [0.2, 0.25) is 10.0 Å². The van der Waals surface area contributed by atoms with E-state index in [0.717, 1.165) is 0 Å². The number of aliphatic hydroxyl groups excluding tert-OH is 1. The third kappa shape index (κ3) is 4.02. The van der Waals surface area contributed by atoms with E-state index in [9.17, 15) is 13.2 Å². The summed E-state index contributed by atoms with van der Waals surface area (Å²) in [6, 6.07) is 3.24. The van der Waals surface area contributed by atoms with Crippen LogP contribution < -0.4 is 4.72 Å². The third-order valence-corrected chi connectivity index (χ3v) is 5.49. The molecular weight excluding hydrogens is 350 g/mol. The Kier molecular flexibility index (Phi) is 5.69. The number of sulfonamides is 1. The Hall–Kier alpha value is -0.960. The summed E-state index contributed by atoms with van der Waals surface area (Å²) < 4.78 is 27.0. The Morgan fingerprint density at radius 1 is 1.40 bits per heavy atom. The van der Waals surface area contributed by atoms with Gasteiger partial charge in [0.15, 0.2) is 0 Å². The Bertz CT molecular complexity index is 602. The summed E-state index contributed by atoms with van der Waals surface area (Å²) in [7, 11) is -3.79. The van der Waals surface area contributed by atoms with Crippen LogP contribution in [-0.4, -0.2) is 37.2 Å². The summed E-state index contributed by atoms with van der Waals surface area (Å²) in [6.07, 6.45) is 0. The highest BCUT2D eigenvalue weighted by molar-refractivity contribution is 9.10. The largest absolute Gasteiger partial charge is 0.478 e. The fourth-order valence-corrected chi connectivity index (χ4v) is 3.86. The molecule has 0 aliphatic heterocycles. The SMILES string of the molecule is CC(CO)C(C)NS(=O)(=O)c1ccc(C(=O)O)cc1Br. The molecule has 0 aromatic heterocycles. The number of hydrogen-bond acceptors (Lipinski definition) is 4. The quantitative estimate of drug-likeness (QED) is 0.707. The summed E-state index contributed by atoms with van der Waals surface area (Å²) in [6.45, 7) is 3.23. The lowest BCUT2D eigenvalue weighted by molar-refractivity contribution is 0.0696. The molecule has 8 heteroatoms. The zero-order valence-electron chi connectivity index (χ0n) is 11.0. The topological polar surface area (TPSA) is 104 Å². The van der Waals surface area contributed by atoms with Gasteiger partial charge in [-0.05, 0) is 47.0 Å². The van der Waals surface area contributed by atoms with Crippen LogP contribution in [0.3, 0.4) is 0 Å². The van der Waals surface area contributed by atoms with Gasteiger partial charge in [0, 0.05) is 17.1 Å². The van der Waals surface area contributed by atoms with Crippen LogP contribution in [0.5, 0.6) is 0 Å². The van der Waals surface area contributed by atoms with Crippen molar-refractivity contribution in [2.75, 3.05) is 6.61 Å². The zero-order chi connectivity index (χ0) is 15.5. The molecule has 0 fully saturated rings. The maximum Gasteiger partial charge on any atom is 0.335 e. The number of nitrogens with one attached hydrogen (secondary N) is 1. The molecule has 2 unspecified atom stereocenters. The first-order valence-electron chi connectivity index (χ1n) is 5.85. The molecule has 1 aromatic carbocycles. The van der Waals surface area contributed by atoms with Crippen molar-refractivity contribution in [3.05, 3.63) is 28.2 Å². The van der Waals surface area contributed by atoms with E-state index in [2.05, 4.69) is 20.7 Å². The number of aliphatic hydroxyl groups is 1. The molecular formula is C12H16BrNO5S. The lowest BCUT2D eigenvalue weighted by Gasteiger charge is -2.19. The van der Waals surface area contributed by atoms with E-state index in [4.69, 9.17) is 10.2 Å². The van der Waals surface area contributed by atoms with Crippen molar-refractivity contribution in [3.8, 4) is 0 Å². The Balaban J connectivity index is 3.07. The molecule has 1 rings (SSSR count). The molecule has 2 atom stereocenters. The van der Waals surface area contributed by atoms with Crippen LogP contribution in [0, 0.1) is 5.92 Å². The van der Waals surface area contributed by atoms with Gasteiger partial charge < -0.3 is 10.2 Å². The molecule has 0 aliphatic carbocycles. The van der Waals surface area contributed by atoms with E-state index in [1.54, 1.807) is 13.8 Å². The van der Waals surface area contributed by atoms with Crippen LogP contribution in [0.15, 0.2) is 27.6 Å². The number of benzene rings is 1. The Morgan fingerprint density at radius 2 is 2.00 bits per heavy atom. The number of carbonyl (C=O) groups is 1. The first-order valence-corrected chi connectivity index (χ1v) is 8.12. The van der Waals surface area contributed by atoms with Crippen molar-refractivity contribution in [2.45, 2.75) is 24.8 Å². The smallest absolute Gasteiger partial charge is 0.335 e. The monoisotopic (exact) mass is 365 g/mol. The highest BCUT2D eigenvalue weighted by atomic mass is 79.9. The minimum atomic E-state index is -3.79. The molecule has 1 aromatic rings.